The van der Waals surface area contributed by atoms with Crippen molar-refractivity contribution in [1.29, 1.82) is 0 Å². The van der Waals surface area contributed by atoms with E-state index in [-0.39, 0.29) is 0 Å². The fourth-order valence-electron chi connectivity index (χ4n) is 1.44. The Kier molecular flexibility index (Phi) is 3.44. The highest BCUT2D eigenvalue weighted by Gasteiger charge is 2.44. The number of nitrogens with zero attached hydrogens (tertiary/aromatic N) is 1. The molecule has 1 aliphatic rings. The molecule has 0 saturated carbocycles. The van der Waals surface area contributed by atoms with E-state index in [2.05, 4.69) is 15.7 Å². The molecule has 0 aliphatic carbocycles. The Bertz CT molecular complexity index is 354. The highest BCUT2D eigenvalue weighted by molar-refractivity contribution is 6.16. The summed E-state index contributed by atoms with van der Waals surface area (Å²) in [5.41, 5.74) is 5.57. The summed E-state index contributed by atoms with van der Waals surface area (Å²) < 4.78 is 0. The number of carbonyl (C=O) groups excluding carboxylic acids is 3. The van der Waals surface area contributed by atoms with Crippen molar-refractivity contribution in [3.63, 3.8) is 0 Å². The van der Waals surface area contributed by atoms with Crippen LogP contribution in [0.15, 0.2) is 5.10 Å². The van der Waals surface area contributed by atoms with Crippen molar-refractivity contribution in [3.8, 4) is 0 Å². The number of rotatable bonds is 4. The van der Waals surface area contributed by atoms with Gasteiger partial charge in [0.05, 0.1) is 6.21 Å². The first kappa shape index (κ1) is 12.0. The maximum absolute atomic E-state index is 11.5. The molecule has 0 radical (unpaired) electrons. The van der Waals surface area contributed by atoms with E-state index in [4.69, 9.17) is 5.73 Å². The van der Waals surface area contributed by atoms with E-state index in [0.717, 1.165) is 0 Å². The Hall–Kier alpha value is -2.12. The minimum Gasteiger partial charge on any atom is -0.350 e. The summed E-state index contributed by atoms with van der Waals surface area (Å²) in [4.78, 5) is 33.0. The molecule has 1 fully saturated rings. The van der Waals surface area contributed by atoms with Gasteiger partial charge in [0.1, 0.15) is 0 Å². The summed E-state index contributed by atoms with van der Waals surface area (Å²) in [5.74, 6) is -0.491. The normalized spacial score (nSPS) is 24.3. The highest BCUT2D eigenvalue weighted by atomic mass is 16.2. The average Bonchev–Trinajstić information content (AvgIpc) is 2.42. The third kappa shape index (κ3) is 2.47. The molecule has 0 aromatic carbocycles. The van der Waals surface area contributed by atoms with E-state index >= 15 is 0 Å². The fourth-order valence-corrected chi connectivity index (χ4v) is 1.44. The number of urea groups is 2. The largest absolute Gasteiger partial charge is 0.350 e. The molecule has 0 aromatic rings. The van der Waals surface area contributed by atoms with Gasteiger partial charge in [-0.05, 0) is 6.42 Å². The second kappa shape index (κ2) is 4.60. The molecule has 8 heteroatoms. The van der Waals surface area contributed by atoms with Crippen molar-refractivity contribution in [3.05, 3.63) is 0 Å². The van der Waals surface area contributed by atoms with Crippen LogP contribution in [0.25, 0.3) is 0 Å². The molecule has 5 N–H and O–H groups in total. The summed E-state index contributed by atoms with van der Waals surface area (Å²) >= 11 is 0. The lowest BCUT2D eigenvalue weighted by molar-refractivity contribution is -0.121. The first-order valence-corrected chi connectivity index (χ1v) is 4.73. The number of primary amides is 1. The molecule has 0 aromatic heterocycles. The molecule has 1 atom stereocenters. The second-order valence-corrected chi connectivity index (χ2v) is 3.36. The smallest absolute Gasteiger partial charge is 0.332 e. The van der Waals surface area contributed by atoms with Gasteiger partial charge in [0.25, 0.3) is 5.91 Å². The maximum atomic E-state index is 11.5. The van der Waals surface area contributed by atoms with Crippen LogP contribution in [0.2, 0.25) is 0 Å². The molecule has 5 amide bonds. The van der Waals surface area contributed by atoms with Crippen molar-refractivity contribution in [1.82, 2.24) is 16.1 Å². The van der Waals surface area contributed by atoms with E-state index in [1.807, 2.05) is 12.3 Å². The van der Waals surface area contributed by atoms with Gasteiger partial charge in [-0.3, -0.25) is 10.1 Å². The number of nitrogens with two attached hydrogens (primary N) is 1. The second-order valence-electron chi connectivity index (χ2n) is 3.36. The van der Waals surface area contributed by atoms with Crippen LogP contribution >= 0.6 is 0 Å². The van der Waals surface area contributed by atoms with Crippen molar-refractivity contribution < 1.29 is 14.4 Å². The molecule has 1 heterocycles. The van der Waals surface area contributed by atoms with E-state index in [0.29, 0.717) is 12.8 Å². The zero-order valence-corrected chi connectivity index (χ0v) is 8.74. The van der Waals surface area contributed by atoms with Crippen LogP contribution in [0, 0.1) is 0 Å². The number of hydrazone groups is 1. The minimum absolute atomic E-state index is 0.383. The standard InChI is InChI=1S/C8H13N5O3/c1-2-3-8(4-10-13-6(9)15)5(14)11-7(16)12-8/h4H,2-3H2,1H3,(H3,9,13,15)(H2,11,12,14,16). The van der Waals surface area contributed by atoms with Gasteiger partial charge in [0, 0.05) is 0 Å². The topological polar surface area (TPSA) is 126 Å². The summed E-state index contributed by atoms with van der Waals surface area (Å²) in [5, 5.41) is 8.06. The van der Waals surface area contributed by atoms with Gasteiger partial charge in [0.15, 0.2) is 5.54 Å². The molecule has 88 valence electrons. The molecule has 1 aliphatic heterocycles. The van der Waals surface area contributed by atoms with Gasteiger partial charge >= 0.3 is 12.1 Å². The lowest BCUT2D eigenvalue weighted by atomic mass is 9.96. The molecule has 8 nitrogen and oxygen atoms in total. The molecule has 1 saturated heterocycles. The van der Waals surface area contributed by atoms with Gasteiger partial charge in [-0.1, -0.05) is 13.3 Å². The van der Waals surface area contributed by atoms with Crippen LogP contribution in [0.1, 0.15) is 19.8 Å². The Morgan fingerprint density at radius 2 is 2.31 bits per heavy atom. The van der Waals surface area contributed by atoms with Gasteiger partial charge in [-0.15, -0.1) is 0 Å². The minimum atomic E-state index is -1.20. The SMILES string of the molecule is CCCC1(C=NNC(N)=O)NC(=O)NC1=O. The lowest BCUT2D eigenvalue weighted by Gasteiger charge is -2.19. The van der Waals surface area contributed by atoms with Crippen LogP contribution in [0.4, 0.5) is 9.59 Å². The predicted molar refractivity (Wildman–Crippen MR) is 55.5 cm³/mol. The predicted octanol–water partition coefficient (Wildman–Crippen LogP) is -0.981. The molecule has 1 unspecified atom stereocenters. The Morgan fingerprint density at radius 3 is 2.75 bits per heavy atom. The van der Waals surface area contributed by atoms with E-state index in [1.54, 1.807) is 0 Å². The molecule has 1 rings (SSSR count). The fraction of sp³-hybridized carbons (Fsp3) is 0.500. The zero-order chi connectivity index (χ0) is 12.2. The van der Waals surface area contributed by atoms with Crippen LogP contribution < -0.4 is 21.8 Å². The number of carbonyl (C=O) groups is 3. The Balaban J connectivity index is 2.81. The summed E-state index contributed by atoms with van der Waals surface area (Å²) in [6.45, 7) is 1.86. The van der Waals surface area contributed by atoms with Crippen molar-refractivity contribution >= 4 is 24.2 Å². The van der Waals surface area contributed by atoms with Gasteiger partial charge in [-0.2, -0.15) is 5.10 Å². The summed E-state index contributed by atoms with van der Waals surface area (Å²) in [6.07, 6.45) is 2.21. The first-order chi connectivity index (χ1) is 7.50. The van der Waals surface area contributed by atoms with Crippen molar-refractivity contribution in [2.75, 3.05) is 0 Å². The van der Waals surface area contributed by atoms with E-state index in [1.165, 1.54) is 6.21 Å². The van der Waals surface area contributed by atoms with Crippen molar-refractivity contribution in [2.24, 2.45) is 10.8 Å². The van der Waals surface area contributed by atoms with Crippen LogP contribution in [0.5, 0.6) is 0 Å². The molecule has 16 heavy (non-hydrogen) atoms. The molecular weight excluding hydrogens is 214 g/mol. The number of amides is 5. The Labute approximate surface area is 91.6 Å². The number of imide groups is 1. The van der Waals surface area contributed by atoms with Crippen LogP contribution in [-0.2, 0) is 4.79 Å². The third-order valence-corrected chi connectivity index (χ3v) is 2.07. The Morgan fingerprint density at radius 1 is 1.62 bits per heavy atom. The average molecular weight is 227 g/mol. The van der Waals surface area contributed by atoms with Crippen LogP contribution in [-0.4, -0.2) is 29.7 Å². The highest BCUT2D eigenvalue weighted by Crippen LogP contribution is 2.15. The first-order valence-electron chi connectivity index (χ1n) is 4.73. The quantitative estimate of drug-likeness (QED) is 0.280. The third-order valence-electron chi connectivity index (χ3n) is 2.07. The van der Waals surface area contributed by atoms with Crippen molar-refractivity contribution in [2.45, 2.75) is 25.3 Å². The number of hydrogen-bond acceptors (Lipinski definition) is 4. The molecule has 0 bridgehead atoms. The molecular formula is C8H13N5O3. The van der Waals surface area contributed by atoms with Gasteiger partial charge < -0.3 is 11.1 Å². The molecule has 0 spiro atoms. The van der Waals surface area contributed by atoms with Gasteiger partial charge in [-0.25, -0.2) is 15.0 Å². The maximum Gasteiger partial charge on any atom is 0.332 e. The van der Waals surface area contributed by atoms with Gasteiger partial charge in [0.2, 0.25) is 0 Å². The van der Waals surface area contributed by atoms with E-state index in [9.17, 15) is 14.4 Å². The zero-order valence-electron chi connectivity index (χ0n) is 8.74. The lowest BCUT2D eigenvalue weighted by Crippen LogP contribution is -2.49. The summed E-state index contributed by atoms with van der Waals surface area (Å²) in [6, 6.07) is -1.42. The monoisotopic (exact) mass is 227 g/mol. The number of hydrogen-bond donors (Lipinski definition) is 4. The summed E-state index contributed by atoms with van der Waals surface area (Å²) in [7, 11) is 0. The van der Waals surface area contributed by atoms with Crippen LogP contribution in [0.3, 0.4) is 0 Å². The van der Waals surface area contributed by atoms with E-state index < -0.39 is 23.5 Å². The number of nitrogens with one attached hydrogen (secondary N) is 3.